The number of aliphatic hydroxyl groups excluding tert-OH is 1. The van der Waals surface area contributed by atoms with Gasteiger partial charge in [0.25, 0.3) is 0 Å². The Morgan fingerprint density at radius 2 is 2.06 bits per heavy atom. The number of hydrogen-bond acceptors (Lipinski definition) is 3. The fourth-order valence-corrected chi connectivity index (χ4v) is 2.66. The molecule has 0 aromatic heterocycles. The van der Waals surface area contributed by atoms with E-state index in [1.54, 1.807) is 0 Å². The maximum Gasteiger partial charge on any atom is 0.200 e. The molecule has 4 N–H and O–H groups in total. The van der Waals surface area contributed by atoms with Crippen molar-refractivity contribution in [2.45, 2.75) is 26.2 Å². The second-order valence-corrected chi connectivity index (χ2v) is 5.17. The number of aliphatic hydroxyl groups is 1. The molecular formula is C12H23N2O2+. The number of hydrogen-bond donors (Lipinski definition) is 2. The quantitative estimate of drug-likeness (QED) is 0.695. The maximum absolute atomic E-state index is 9.10. The van der Waals surface area contributed by atoms with Gasteiger partial charge in [0.05, 0.1) is 13.2 Å². The molecule has 0 aliphatic carbocycles. The zero-order valence-corrected chi connectivity index (χ0v) is 10.2. The molecule has 1 spiro atoms. The van der Waals surface area contributed by atoms with E-state index in [0.29, 0.717) is 5.41 Å². The number of likely N-dealkylation sites (tertiary alicyclic amines) is 1. The number of piperidine rings is 1. The number of nitrogens with zero attached hydrogens (tertiary/aromatic N) is 1. The normalized spacial score (nSPS) is 26.1. The minimum absolute atomic E-state index is 0.115. The van der Waals surface area contributed by atoms with Gasteiger partial charge in [-0.15, -0.1) is 0 Å². The molecule has 0 radical (unpaired) electrons. The summed E-state index contributed by atoms with van der Waals surface area (Å²) < 4.78 is 5.52. The Labute approximate surface area is 97.1 Å². The third-order valence-corrected chi connectivity index (χ3v) is 4.12. The summed E-state index contributed by atoms with van der Waals surface area (Å²) in [5, 5.41) is 9.10. The molecular weight excluding hydrogens is 204 g/mol. The van der Waals surface area contributed by atoms with Gasteiger partial charge in [-0.25, -0.2) is 0 Å². The van der Waals surface area contributed by atoms with Crippen LogP contribution in [0.3, 0.4) is 0 Å². The van der Waals surface area contributed by atoms with E-state index in [9.17, 15) is 0 Å². The van der Waals surface area contributed by atoms with E-state index < -0.39 is 0 Å². The minimum Gasteiger partial charge on any atom is -0.392 e. The molecule has 0 aromatic carbocycles. The molecule has 2 heterocycles. The first-order chi connectivity index (χ1) is 7.67. The summed E-state index contributed by atoms with van der Waals surface area (Å²) in [7, 11) is 0. The van der Waals surface area contributed by atoms with Gasteiger partial charge in [-0.1, -0.05) is 0 Å². The van der Waals surface area contributed by atoms with Gasteiger partial charge in [0.2, 0.25) is 0 Å². The minimum atomic E-state index is 0.115. The Morgan fingerprint density at radius 1 is 1.38 bits per heavy atom. The predicted octanol–water partition coefficient (Wildman–Crippen LogP) is -0.0454. The van der Waals surface area contributed by atoms with Crippen molar-refractivity contribution in [3.8, 4) is 0 Å². The standard InChI is InChI=1S/C12H22N2O2/c1-10(8-15)11(13)14-5-2-12(3-6-14)4-7-16-9-12/h15H,2-9,13H2,1H3/p+1. The highest BCUT2D eigenvalue weighted by Gasteiger charge is 2.38. The number of quaternary nitrogens is 1. The lowest BCUT2D eigenvalue weighted by Gasteiger charge is -2.38. The molecule has 0 unspecified atom stereocenters. The highest BCUT2D eigenvalue weighted by Crippen LogP contribution is 2.39. The van der Waals surface area contributed by atoms with Crippen molar-refractivity contribution in [1.82, 2.24) is 4.90 Å². The highest BCUT2D eigenvalue weighted by molar-refractivity contribution is 5.04. The molecule has 0 atom stereocenters. The van der Waals surface area contributed by atoms with Crippen LogP contribution >= 0.6 is 0 Å². The Bertz CT molecular complexity index is 273. The smallest absolute Gasteiger partial charge is 0.200 e. The molecule has 2 aliphatic heterocycles. The van der Waals surface area contributed by atoms with Gasteiger partial charge in [0.1, 0.15) is 0 Å². The fourth-order valence-electron chi connectivity index (χ4n) is 2.66. The SMILES string of the molecule is CC(CO)=C([NH3+])N1CCC2(CCOC2)CC1. The lowest BCUT2D eigenvalue weighted by Crippen LogP contribution is -2.58. The lowest BCUT2D eigenvalue weighted by atomic mass is 9.78. The predicted molar refractivity (Wildman–Crippen MR) is 61.3 cm³/mol. The first kappa shape index (κ1) is 11.9. The van der Waals surface area contributed by atoms with Crippen molar-refractivity contribution >= 4 is 0 Å². The molecule has 2 aliphatic rings. The molecule has 0 bridgehead atoms. The lowest BCUT2D eigenvalue weighted by molar-refractivity contribution is -0.337. The van der Waals surface area contributed by atoms with Crippen LogP contribution in [0.1, 0.15) is 26.2 Å². The van der Waals surface area contributed by atoms with Crippen molar-refractivity contribution in [2.75, 3.05) is 32.9 Å². The average Bonchev–Trinajstić information content (AvgIpc) is 2.77. The van der Waals surface area contributed by atoms with Crippen LogP contribution in [-0.2, 0) is 4.74 Å². The molecule has 2 rings (SSSR count). The Kier molecular flexibility index (Phi) is 3.52. The maximum atomic E-state index is 9.10. The van der Waals surface area contributed by atoms with Crippen LogP contribution in [0.25, 0.3) is 0 Å². The summed E-state index contributed by atoms with van der Waals surface area (Å²) in [6.07, 6.45) is 3.62. The van der Waals surface area contributed by atoms with Gasteiger partial charge in [-0.3, -0.25) is 0 Å². The molecule has 0 saturated carbocycles. The first-order valence-corrected chi connectivity index (χ1v) is 6.12. The van der Waals surface area contributed by atoms with Crippen LogP contribution in [-0.4, -0.2) is 42.9 Å². The summed E-state index contributed by atoms with van der Waals surface area (Å²) in [5.41, 5.74) is 5.49. The van der Waals surface area contributed by atoms with Gasteiger partial charge in [0, 0.05) is 25.3 Å². The summed E-state index contributed by atoms with van der Waals surface area (Å²) >= 11 is 0. The first-order valence-electron chi connectivity index (χ1n) is 6.12. The van der Waals surface area contributed by atoms with Crippen molar-refractivity contribution in [2.24, 2.45) is 5.41 Å². The molecule has 16 heavy (non-hydrogen) atoms. The van der Waals surface area contributed by atoms with E-state index in [1.807, 2.05) is 6.92 Å². The molecule has 4 nitrogen and oxygen atoms in total. The molecule has 2 fully saturated rings. The summed E-state index contributed by atoms with van der Waals surface area (Å²) in [5.74, 6) is 1.01. The number of ether oxygens (including phenoxy) is 1. The van der Waals surface area contributed by atoms with Gasteiger partial charge in [-0.2, -0.15) is 0 Å². The second-order valence-electron chi connectivity index (χ2n) is 5.17. The van der Waals surface area contributed by atoms with Gasteiger partial charge < -0.3 is 20.5 Å². The monoisotopic (exact) mass is 227 g/mol. The van der Waals surface area contributed by atoms with Crippen molar-refractivity contribution in [1.29, 1.82) is 0 Å². The van der Waals surface area contributed by atoms with E-state index in [1.165, 1.54) is 19.3 Å². The van der Waals surface area contributed by atoms with Gasteiger partial charge in [-0.05, 0) is 31.6 Å². The van der Waals surface area contributed by atoms with Gasteiger partial charge >= 0.3 is 0 Å². The summed E-state index contributed by atoms with van der Waals surface area (Å²) in [6, 6.07) is 0. The summed E-state index contributed by atoms with van der Waals surface area (Å²) in [6.45, 7) is 6.05. The molecule has 2 saturated heterocycles. The fraction of sp³-hybridized carbons (Fsp3) is 0.833. The molecule has 0 aromatic rings. The van der Waals surface area contributed by atoms with E-state index in [2.05, 4.69) is 10.6 Å². The largest absolute Gasteiger partial charge is 0.392 e. The molecule has 0 amide bonds. The third kappa shape index (κ3) is 2.24. The van der Waals surface area contributed by atoms with Crippen LogP contribution in [0.15, 0.2) is 11.4 Å². The average molecular weight is 227 g/mol. The zero-order valence-electron chi connectivity index (χ0n) is 10.2. The third-order valence-electron chi connectivity index (χ3n) is 4.12. The van der Waals surface area contributed by atoms with Crippen LogP contribution in [0.5, 0.6) is 0 Å². The topological polar surface area (TPSA) is 60.3 Å². The summed E-state index contributed by atoms with van der Waals surface area (Å²) in [4.78, 5) is 2.30. The van der Waals surface area contributed by atoms with Crippen LogP contribution in [0, 0.1) is 5.41 Å². The van der Waals surface area contributed by atoms with Gasteiger partial charge in [0.15, 0.2) is 5.82 Å². The Morgan fingerprint density at radius 3 is 2.56 bits per heavy atom. The van der Waals surface area contributed by atoms with Crippen molar-refractivity contribution in [3.05, 3.63) is 11.4 Å². The van der Waals surface area contributed by atoms with Crippen molar-refractivity contribution < 1.29 is 15.6 Å². The molecule has 92 valence electrons. The van der Waals surface area contributed by atoms with E-state index in [0.717, 1.165) is 37.7 Å². The van der Waals surface area contributed by atoms with E-state index >= 15 is 0 Å². The van der Waals surface area contributed by atoms with Crippen LogP contribution in [0.2, 0.25) is 0 Å². The molecule has 4 heteroatoms. The number of rotatable bonds is 2. The highest BCUT2D eigenvalue weighted by atomic mass is 16.5. The zero-order chi connectivity index (χ0) is 11.6. The van der Waals surface area contributed by atoms with E-state index in [4.69, 9.17) is 9.84 Å². The van der Waals surface area contributed by atoms with Crippen molar-refractivity contribution in [3.63, 3.8) is 0 Å². The Hall–Kier alpha value is -0.580. The second kappa shape index (κ2) is 4.73. The van der Waals surface area contributed by atoms with Crippen LogP contribution < -0.4 is 5.73 Å². The Balaban J connectivity index is 1.94. The van der Waals surface area contributed by atoms with Crippen LogP contribution in [0.4, 0.5) is 0 Å². The van der Waals surface area contributed by atoms with E-state index in [-0.39, 0.29) is 6.61 Å².